The lowest BCUT2D eigenvalue weighted by molar-refractivity contribution is 0.416. The molecule has 1 saturated carbocycles. The maximum atomic E-state index is 5.35. The Labute approximate surface area is 102 Å². The molecule has 1 aliphatic rings. The molecule has 1 aromatic rings. The van der Waals surface area contributed by atoms with E-state index < -0.39 is 0 Å². The molecule has 1 aliphatic carbocycles. The third-order valence-corrected chi connectivity index (χ3v) is 3.42. The van der Waals surface area contributed by atoms with Gasteiger partial charge in [0.15, 0.2) is 0 Å². The smallest absolute Gasteiger partial charge is 0.239 e. The first kappa shape index (κ1) is 12.1. The van der Waals surface area contributed by atoms with Crippen molar-refractivity contribution >= 4 is 11.8 Å². The first-order valence-electron chi connectivity index (χ1n) is 6.41. The Morgan fingerprint density at radius 1 is 1.41 bits per heavy atom. The predicted molar refractivity (Wildman–Crippen MR) is 69.7 cm³/mol. The van der Waals surface area contributed by atoms with Gasteiger partial charge >= 0.3 is 0 Å². The van der Waals surface area contributed by atoms with Crippen LogP contribution in [-0.4, -0.2) is 22.6 Å². The van der Waals surface area contributed by atoms with Gasteiger partial charge in [-0.1, -0.05) is 19.3 Å². The second-order valence-electron chi connectivity index (χ2n) is 4.46. The van der Waals surface area contributed by atoms with Gasteiger partial charge in [-0.3, -0.25) is 5.43 Å². The molecule has 1 fully saturated rings. The summed E-state index contributed by atoms with van der Waals surface area (Å²) in [6.45, 7) is 3.15. The van der Waals surface area contributed by atoms with Crippen LogP contribution in [0.4, 0.5) is 11.8 Å². The number of rotatable bonds is 4. The monoisotopic (exact) mass is 235 g/mol. The van der Waals surface area contributed by atoms with Crippen LogP contribution < -0.4 is 16.2 Å². The second-order valence-corrected chi connectivity index (χ2v) is 4.46. The number of nitrogen functional groups attached to an aromatic ring is 1. The molecular formula is C12H21N5. The Hall–Kier alpha value is -1.36. The van der Waals surface area contributed by atoms with E-state index in [1.165, 1.54) is 32.1 Å². The summed E-state index contributed by atoms with van der Waals surface area (Å²) in [5.41, 5.74) is 2.50. The van der Waals surface area contributed by atoms with Gasteiger partial charge in [-0.05, 0) is 25.8 Å². The highest BCUT2D eigenvalue weighted by atomic mass is 15.3. The normalized spacial score (nSPS) is 16.8. The molecule has 5 nitrogen and oxygen atoms in total. The van der Waals surface area contributed by atoms with E-state index in [0.29, 0.717) is 12.0 Å². The predicted octanol–water partition coefficient (Wildman–Crippen LogP) is 1.92. The van der Waals surface area contributed by atoms with Crippen molar-refractivity contribution in [1.82, 2.24) is 9.97 Å². The third kappa shape index (κ3) is 2.85. The van der Waals surface area contributed by atoms with E-state index in [1.807, 2.05) is 6.07 Å². The van der Waals surface area contributed by atoms with Crippen LogP contribution in [0.3, 0.4) is 0 Å². The number of aromatic nitrogens is 2. The molecule has 0 aromatic carbocycles. The third-order valence-electron chi connectivity index (χ3n) is 3.42. The largest absolute Gasteiger partial charge is 0.354 e. The van der Waals surface area contributed by atoms with E-state index in [0.717, 1.165) is 12.4 Å². The van der Waals surface area contributed by atoms with E-state index in [4.69, 9.17) is 5.84 Å². The van der Waals surface area contributed by atoms with Gasteiger partial charge in [0.1, 0.15) is 5.82 Å². The Morgan fingerprint density at radius 2 is 2.18 bits per heavy atom. The fourth-order valence-electron chi connectivity index (χ4n) is 2.58. The van der Waals surface area contributed by atoms with Crippen LogP contribution >= 0.6 is 0 Å². The number of hydrogen-bond acceptors (Lipinski definition) is 5. The molecule has 0 amide bonds. The van der Waals surface area contributed by atoms with Crippen LogP contribution in [0.5, 0.6) is 0 Å². The SMILES string of the molecule is CCN(c1ccnc(NN)n1)C1CCCCC1. The standard InChI is InChI=1S/C12H21N5/c1-2-17(10-6-4-3-5-7-10)11-8-9-14-12(15-11)16-13/h8-10H,2-7,13H2,1H3,(H,14,15,16). The molecular weight excluding hydrogens is 214 g/mol. The zero-order chi connectivity index (χ0) is 12.1. The van der Waals surface area contributed by atoms with E-state index in [-0.39, 0.29) is 0 Å². The number of anilines is 2. The fourth-order valence-corrected chi connectivity index (χ4v) is 2.58. The van der Waals surface area contributed by atoms with Crippen molar-refractivity contribution in [3.05, 3.63) is 12.3 Å². The van der Waals surface area contributed by atoms with Gasteiger partial charge in [-0.2, -0.15) is 4.98 Å². The minimum atomic E-state index is 0.483. The highest BCUT2D eigenvalue weighted by Crippen LogP contribution is 2.26. The fraction of sp³-hybridized carbons (Fsp3) is 0.667. The maximum Gasteiger partial charge on any atom is 0.239 e. The van der Waals surface area contributed by atoms with Crippen molar-refractivity contribution in [3.8, 4) is 0 Å². The quantitative estimate of drug-likeness (QED) is 0.616. The molecule has 1 aromatic heterocycles. The molecule has 0 bridgehead atoms. The van der Waals surface area contributed by atoms with Gasteiger partial charge in [0, 0.05) is 18.8 Å². The van der Waals surface area contributed by atoms with Crippen molar-refractivity contribution in [3.63, 3.8) is 0 Å². The summed E-state index contributed by atoms with van der Waals surface area (Å²) in [7, 11) is 0. The minimum Gasteiger partial charge on any atom is -0.354 e. The Kier molecular flexibility index (Phi) is 4.14. The highest BCUT2D eigenvalue weighted by molar-refractivity contribution is 5.43. The lowest BCUT2D eigenvalue weighted by Gasteiger charge is -2.34. The zero-order valence-corrected chi connectivity index (χ0v) is 10.4. The lowest BCUT2D eigenvalue weighted by atomic mass is 9.94. The molecule has 17 heavy (non-hydrogen) atoms. The van der Waals surface area contributed by atoms with Crippen molar-refractivity contribution in [2.75, 3.05) is 16.9 Å². The zero-order valence-electron chi connectivity index (χ0n) is 10.4. The Bertz CT molecular complexity index is 349. The summed E-state index contributed by atoms with van der Waals surface area (Å²) >= 11 is 0. The van der Waals surface area contributed by atoms with Crippen molar-refractivity contribution in [1.29, 1.82) is 0 Å². The Balaban J connectivity index is 2.15. The van der Waals surface area contributed by atoms with Crippen LogP contribution in [0, 0.1) is 0 Å². The van der Waals surface area contributed by atoms with Crippen molar-refractivity contribution < 1.29 is 0 Å². The number of nitrogens with one attached hydrogen (secondary N) is 1. The average Bonchev–Trinajstić information content (AvgIpc) is 2.41. The molecule has 0 aliphatic heterocycles. The van der Waals surface area contributed by atoms with Gasteiger partial charge in [0.05, 0.1) is 0 Å². The lowest BCUT2D eigenvalue weighted by Crippen LogP contribution is -2.37. The molecule has 2 rings (SSSR count). The summed E-state index contributed by atoms with van der Waals surface area (Å²) in [6, 6.07) is 2.58. The van der Waals surface area contributed by atoms with E-state index in [1.54, 1.807) is 6.20 Å². The Morgan fingerprint density at radius 3 is 2.82 bits per heavy atom. The topological polar surface area (TPSA) is 67.1 Å². The molecule has 0 spiro atoms. The first-order chi connectivity index (χ1) is 8.35. The average molecular weight is 235 g/mol. The van der Waals surface area contributed by atoms with E-state index in [2.05, 4.69) is 27.2 Å². The summed E-state index contributed by atoms with van der Waals surface area (Å²) in [4.78, 5) is 10.8. The van der Waals surface area contributed by atoms with Gasteiger partial charge in [-0.25, -0.2) is 10.8 Å². The maximum absolute atomic E-state index is 5.35. The molecule has 0 unspecified atom stereocenters. The number of hydrogen-bond donors (Lipinski definition) is 2. The van der Waals surface area contributed by atoms with Gasteiger partial charge in [0.25, 0.3) is 0 Å². The van der Waals surface area contributed by atoms with Crippen LogP contribution in [0.25, 0.3) is 0 Å². The van der Waals surface area contributed by atoms with Crippen LogP contribution in [0.2, 0.25) is 0 Å². The molecule has 94 valence electrons. The van der Waals surface area contributed by atoms with E-state index >= 15 is 0 Å². The summed E-state index contributed by atoms with van der Waals surface area (Å²) in [5.74, 6) is 6.80. The molecule has 0 atom stereocenters. The second kappa shape index (κ2) is 5.82. The van der Waals surface area contributed by atoms with E-state index in [9.17, 15) is 0 Å². The number of nitrogens with two attached hydrogens (primary N) is 1. The van der Waals surface area contributed by atoms with Gasteiger partial charge in [-0.15, -0.1) is 0 Å². The molecule has 5 heteroatoms. The summed E-state index contributed by atoms with van der Waals surface area (Å²) < 4.78 is 0. The number of nitrogens with zero attached hydrogens (tertiary/aromatic N) is 3. The summed E-state index contributed by atoms with van der Waals surface area (Å²) in [6.07, 6.45) is 8.31. The first-order valence-corrected chi connectivity index (χ1v) is 6.41. The molecule has 1 heterocycles. The molecule has 0 radical (unpaired) electrons. The van der Waals surface area contributed by atoms with Crippen molar-refractivity contribution in [2.45, 2.75) is 45.1 Å². The van der Waals surface area contributed by atoms with Crippen molar-refractivity contribution in [2.24, 2.45) is 5.84 Å². The minimum absolute atomic E-state index is 0.483. The van der Waals surface area contributed by atoms with Crippen LogP contribution in [-0.2, 0) is 0 Å². The van der Waals surface area contributed by atoms with Gasteiger partial charge < -0.3 is 4.90 Å². The molecule has 0 saturated heterocycles. The van der Waals surface area contributed by atoms with Crippen LogP contribution in [0.1, 0.15) is 39.0 Å². The number of hydrazine groups is 1. The van der Waals surface area contributed by atoms with Gasteiger partial charge in [0.2, 0.25) is 5.95 Å². The van der Waals surface area contributed by atoms with Crippen LogP contribution in [0.15, 0.2) is 12.3 Å². The summed E-state index contributed by atoms with van der Waals surface area (Å²) in [5, 5.41) is 0. The highest BCUT2D eigenvalue weighted by Gasteiger charge is 2.21. The molecule has 3 N–H and O–H groups in total.